The van der Waals surface area contributed by atoms with Crippen LogP contribution < -0.4 is 4.90 Å². The Labute approximate surface area is 157 Å². The number of nitrogens with zero attached hydrogens (tertiary/aromatic N) is 3. The fourth-order valence-corrected chi connectivity index (χ4v) is 3.35. The molecule has 0 spiro atoms. The van der Waals surface area contributed by atoms with Crippen LogP contribution in [0.4, 0.5) is 5.69 Å². The number of carboxylic acids is 1. The number of esters is 1. The molecule has 8 heteroatoms. The zero-order valence-corrected chi connectivity index (χ0v) is 15.2. The van der Waals surface area contributed by atoms with Crippen LogP contribution in [0.5, 0.6) is 0 Å². The number of pyridine rings is 1. The standard InChI is InChI=1S/C19H23N3O5/c1-2-27-19(26)15-12-20-16-4-3-13(18(24)25)11-14(16)17(15)22-7-5-21(6-8-22)9-10-23/h3-4,11-12,23H,2,5-10H2,1H3,(H,24,25). The normalized spacial score (nSPS) is 15.1. The molecule has 8 nitrogen and oxygen atoms in total. The summed E-state index contributed by atoms with van der Waals surface area (Å²) in [5.41, 5.74) is 1.76. The van der Waals surface area contributed by atoms with Crippen molar-refractivity contribution in [3.05, 3.63) is 35.5 Å². The molecule has 2 aromatic rings. The Balaban J connectivity index is 2.07. The molecule has 0 unspecified atom stereocenters. The maximum Gasteiger partial charge on any atom is 0.341 e. The van der Waals surface area contributed by atoms with E-state index in [-0.39, 0.29) is 18.8 Å². The van der Waals surface area contributed by atoms with E-state index in [2.05, 4.69) is 14.8 Å². The van der Waals surface area contributed by atoms with Gasteiger partial charge in [-0.1, -0.05) is 0 Å². The van der Waals surface area contributed by atoms with Crippen LogP contribution in [-0.2, 0) is 4.74 Å². The van der Waals surface area contributed by atoms with Gasteiger partial charge in [0.15, 0.2) is 0 Å². The highest BCUT2D eigenvalue weighted by atomic mass is 16.5. The minimum Gasteiger partial charge on any atom is -0.478 e. The van der Waals surface area contributed by atoms with E-state index in [1.54, 1.807) is 19.1 Å². The maximum absolute atomic E-state index is 12.5. The first-order valence-electron chi connectivity index (χ1n) is 8.96. The molecule has 1 aliphatic rings. The number of rotatable bonds is 6. The van der Waals surface area contributed by atoms with E-state index in [1.165, 1.54) is 12.3 Å². The number of piperazine rings is 1. The number of hydrogen-bond donors (Lipinski definition) is 2. The summed E-state index contributed by atoms with van der Waals surface area (Å²) in [6, 6.07) is 4.72. The quantitative estimate of drug-likeness (QED) is 0.729. The first-order chi connectivity index (χ1) is 13.0. The van der Waals surface area contributed by atoms with Gasteiger partial charge in [0.2, 0.25) is 0 Å². The van der Waals surface area contributed by atoms with Crippen LogP contribution in [0.2, 0.25) is 0 Å². The van der Waals surface area contributed by atoms with Crippen molar-refractivity contribution in [1.82, 2.24) is 9.88 Å². The average molecular weight is 373 g/mol. The van der Waals surface area contributed by atoms with Gasteiger partial charge < -0.3 is 19.8 Å². The lowest BCUT2D eigenvalue weighted by Gasteiger charge is -2.37. The van der Waals surface area contributed by atoms with Crippen LogP contribution in [0.1, 0.15) is 27.6 Å². The molecule has 0 bridgehead atoms. The summed E-state index contributed by atoms with van der Waals surface area (Å²) in [7, 11) is 0. The number of ether oxygens (including phenoxy) is 1. The minimum atomic E-state index is -1.03. The van der Waals surface area contributed by atoms with E-state index in [0.717, 1.165) is 13.1 Å². The first kappa shape index (κ1) is 19.1. The molecule has 0 saturated carbocycles. The van der Waals surface area contributed by atoms with Gasteiger partial charge in [-0.15, -0.1) is 0 Å². The molecule has 0 amide bonds. The molecule has 1 fully saturated rings. The molecule has 1 aliphatic heterocycles. The van der Waals surface area contributed by atoms with E-state index in [0.29, 0.717) is 41.8 Å². The van der Waals surface area contributed by atoms with Gasteiger partial charge >= 0.3 is 11.9 Å². The number of aliphatic hydroxyl groups is 1. The molecule has 144 valence electrons. The number of aromatic nitrogens is 1. The number of fused-ring (bicyclic) bond motifs is 1. The van der Waals surface area contributed by atoms with Crippen molar-refractivity contribution in [3.8, 4) is 0 Å². The second-order valence-electron chi connectivity index (χ2n) is 6.33. The van der Waals surface area contributed by atoms with Gasteiger partial charge in [-0.05, 0) is 25.1 Å². The van der Waals surface area contributed by atoms with E-state index in [1.807, 2.05) is 0 Å². The topological polar surface area (TPSA) is 103 Å². The van der Waals surface area contributed by atoms with Crippen molar-refractivity contribution in [2.75, 3.05) is 50.8 Å². The fourth-order valence-electron chi connectivity index (χ4n) is 3.35. The Bertz CT molecular complexity index is 847. The Morgan fingerprint density at radius 3 is 2.59 bits per heavy atom. The third-order valence-electron chi connectivity index (χ3n) is 4.69. The van der Waals surface area contributed by atoms with E-state index >= 15 is 0 Å². The van der Waals surface area contributed by atoms with Crippen LogP contribution in [0, 0.1) is 0 Å². The Morgan fingerprint density at radius 1 is 1.22 bits per heavy atom. The fraction of sp³-hybridized carbons (Fsp3) is 0.421. The number of anilines is 1. The van der Waals surface area contributed by atoms with Crippen molar-refractivity contribution in [2.45, 2.75) is 6.92 Å². The molecule has 3 rings (SSSR count). The second-order valence-corrected chi connectivity index (χ2v) is 6.33. The van der Waals surface area contributed by atoms with Crippen LogP contribution >= 0.6 is 0 Å². The number of carboxylic acid groups (broad SMARTS) is 1. The number of hydrogen-bond acceptors (Lipinski definition) is 7. The molecule has 0 radical (unpaired) electrons. The van der Waals surface area contributed by atoms with Gasteiger partial charge in [0, 0.05) is 44.3 Å². The van der Waals surface area contributed by atoms with Crippen LogP contribution in [0.25, 0.3) is 10.9 Å². The van der Waals surface area contributed by atoms with Crippen molar-refractivity contribution in [2.24, 2.45) is 0 Å². The average Bonchev–Trinajstić information content (AvgIpc) is 2.67. The molecule has 0 atom stereocenters. The number of benzene rings is 1. The molecule has 2 N–H and O–H groups in total. The second kappa shape index (κ2) is 8.32. The summed E-state index contributed by atoms with van der Waals surface area (Å²) >= 11 is 0. The SMILES string of the molecule is CCOC(=O)c1cnc2ccc(C(=O)O)cc2c1N1CCN(CCO)CC1. The lowest BCUT2D eigenvalue weighted by atomic mass is 10.0. The minimum absolute atomic E-state index is 0.105. The maximum atomic E-state index is 12.5. The van der Waals surface area contributed by atoms with Crippen LogP contribution in [-0.4, -0.2) is 78.0 Å². The Kier molecular flexibility index (Phi) is 5.88. The van der Waals surface area contributed by atoms with Gasteiger partial charge in [0.25, 0.3) is 0 Å². The van der Waals surface area contributed by atoms with Gasteiger partial charge in [-0.2, -0.15) is 0 Å². The first-order valence-corrected chi connectivity index (χ1v) is 8.96. The van der Waals surface area contributed by atoms with E-state index in [9.17, 15) is 14.7 Å². The zero-order chi connectivity index (χ0) is 19.4. The van der Waals surface area contributed by atoms with Crippen LogP contribution in [0.15, 0.2) is 24.4 Å². The number of carbonyl (C=O) groups is 2. The molecule has 1 aromatic heterocycles. The summed E-state index contributed by atoms with van der Waals surface area (Å²) in [6.45, 7) is 5.49. The molecule has 0 aliphatic carbocycles. The Morgan fingerprint density at radius 2 is 1.96 bits per heavy atom. The van der Waals surface area contributed by atoms with Gasteiger partial charge in [-0.3, -0.25) is 9.88 Å². The Hall–Kier alpha value is -2.71. The number of carbonyl (C=O) groups excluding carboxylic acids is 1. The van der Waals surface area contributed by atoms with Crippen LogP contribution in [0.3, 0.4) is 0 Å². The van der Waals surface area contributed by atoms with Gasteiger partial charge in [0.1, 0.15) is 5.56 Å². The predicted molar refractivity (Wildman–Crippen MR) is 100 cm³/mol. The third-order valence-corrected chi connectivity index (χ3v) is 4.69. The lowest BCUT2D eigenvalue weighted by Crippen LogP contribution is -2.47. The summed E-state index contributed by atoms with van der Waals surface area (Å²) in [6.07, 6.45) is 1.50. The lowest BCUT2D eigenvalue weighted by molar-refractivity contribution is 0.0526. The highest BCUT2D eigenvalue weighted by Gasteiger charge is 2.25. The number of aliphatic hydroxyl groups excluding tert-OH is 1. The predicted octanol–water partition coefficient (Wildman–Crippen LogP) is 1.22. The summed E-state index contributed by atoms with van der Waals surface area (Å²) in [5.74, 6) is -1.50. The number of aromatic carboxylic acids is 1. The van der Waals surface area contributed by atoms with Crippen molar-refractivity contribution in [3.63, 3.8) is 0 Å². The highest BCUT2D eigenvalue weighted by Crippen LogP contribution is 2.32. The summed E-state index contributed by atoms with van der Waals surface area (Å²) < 4.78 is 5.18. The third kappa shape index (κ3) is 4.01. The molecule has 1 saturated heterocycles. The van der Waals surface area contributed by atoms with Crippen molar-refractivity contribution in [1.29, 1.82) is 0 Å². The molecular weight excluding hydrogens is 350 g/mol. The zero-order valence-electron chi connectivity index (χ0n) is 15.2. The van der Waals surface area contributed by atoms with E-state index < -0.39 is 11.9 Å². The summed E-state index contributed by atoms with van der Waals surface area (Å²) in [5, 5.41) is 19.1. The van der Waals surface area contributed by atoms with E-state index in [4.69, 9.17) is 9.84 Å². The highest BCUT2D eigenvalue weighted by molar-refractivity contribution is 6.07. The molecule has 2 heterocycles. The smallest absolute Gasteiger partial charge is 0.341 e. The van der Waals surface area contributed by atoms with Crippen molar-refractivity contribution >= 4 is 28.5 Å². The van der Waals surface area contributed by atoms with Crippen molar-refractivity contribution < 1.29 is 24.5 Å². The van der Waals surface area contributed by atoms with Gasteiger partial charge in [-0.25, -0.2) is 9.59 Å². The largest absolute Gasteiger partial charge is 0.478 e. The molecule has 1 aromatic carbocycles. The monoisotopic (exact) mass is 373 g/mol. The number of β-amino-alcohol motifs (C(OH)–C–C–N with tert-alkyl or cyclic N) is 1. The molecule has 27 heavy (non-hydrogen) atoms. The molecular formula is C19H23N3O5. The summed E-state index contributed by atoms with van der Waals surface area (Å²) in [4.78, 5) is 32.4. The van der Waals surface area contributed by atoms with Gasteiger partial charge in [0.05, 0.1) is 30.0 Å².